The lowest BCUT2D eigenvalue weighted by molar-refractivity contribution is 0.103. The maximum atomic E-state index is 5.58. The lowest BCUT2D eigenvalue weighted by Gasteiger charge is -2.41. The van der Waals surface area contributed by atoms with E-state index in [9.17, 15) is 0 Å². The van der Waals surface area contributed by atoms with Crippen LogP contribution in [0.15, 0.2) is 16.6 Å². The summed E-state index contributed by atoms with van der Waals surface area (Å²) in [5.41, 5.74) is 1.35. The first-order valence-electron chi connectivity index (χ1n) is 9.10. The van der Waals surface area contributed by atoms with E-state index < -0.39 is 0 Å². The Bertz CT molecular complexity index is 533. The molecular weight excluding hydrogens is 439 g/mol. The van der Waals surface area contributed by atoms with Gasteiger partial charge in [0.25, 0.3) is 0 Å². The minimum Gasteiger partial charge on any atom is -0.493 e. The van der Waals surface area contributed by atoms with Crippen molar-refractivity contribution in [1.82, 2.24) is 10.2 Å². The molecule has 0 amide bonds. The Morgan fingerprint density at radius 3 is 2.15 bits per heavy atom. The molecule has 2 aliphatic rings. The Morgan fingerprint density at radius 1 is 1.00 bits per heavy atom. The zero-order valence-corrected chi connectivity index (χ0v) is 18.9. The third-order valence-corrected chi connectivity index (χ3v) is 6.15. The zero-order chi connectivity index (χ0) is 16.9. The monoisotopic (exact) mass is 468 g/mol. The number of piperazine rings is 1. The first-order valence-corrected chi connectivity index (χ1v) is 9.90. The van der Waals surface area contributed by atoms with Crippen LogP contribution in [0, 0.1) is 5.92 Å². The molecule has 0 aromatic heterocycles. The van der Waals surface area contributed by atoms with Crippen LogP contribution in [-0.4, -0.2) is 45.3 Å². The maximum Gasteiger partial charge on any atom is 0.161 e. The summed E-state index contributed by atoms with van der Waals surface area (Å²) in [6.07, 6.45) is 6.76. The molecule has 0 bridgehead atoms. The highest BCUT2D eigenvalue weighted by Crippen LogP contribution is 2.44. The zero-order valence-electron chi connectivity index (χ0n) is 15.6. The van der Waals surface area contributed by atoms with Crippen molar-refractivity contribution in [3.05, 3.63) is 22.2 Å². The fourth-order valence-electron chi connectivity index (χ4n) is 4.26. The highest BCUT2D eigenvalue weighted by molar-refractivity contribution is 9.10. The molecule has 0 radical (unpaired) electrons. The highest BCUT2D eigenvalue weighted by atomic mass is 79.9. The Kier molecular flexibility index (Phi) is 10.6. The Hall–Kier alpha value is -0.200. The van der Waals surface area contributed by atoms with E-state index in [0.29, 0.717) is 6.04 Å². The van der Waals surface area contributed by atoms with Crippen molar-refractivity contribution in [2.24, 2.45) is 5.92 Å². The third kappa shape index (κ3) is 5.41. The molecule has 1 N–H and O–H groups in total. The number of hydrogen-bond acceptors (Lipinski definition) is 4. The van der Waals surface area contributed by atoms with Crippen LogP contribution < -0.4 is 14.8 Å². The van der Waals surface area contributed by atoms with Crippen molar-refractivity contribution in [3.8, 4) is 11.5 Å². The predicted octanol–water partition coefficient (Wildman–Crippen LogP) is 4.84. The molecule has 7 heteroatoms. The van der Waals surface area contributed by atoms with E-state index in [-0.39, 0.29) is 24.8 Å². The van der Waals surface area contributed by atoms with Gasteiger partial charge in [-0.15, -0.1) is 24.8 Å². The van der Waals surface area contributed by atoms with Crippen LogP contribution in [0.5, 0.6) is 11.5 Å². The van der Waals surface area contributed by atoms with E-state index in [2.05, 4.69) is 38.3 Å². The van der Waals surface area contributed by atoms with Crippen molar-refractivity contribution in [2.45, 2.75) is 38.1 Å². The summed E-state index contributed by atoms with van der Waals surface area (Å²) in [6, 6.07) is 4.71. The van der Waals surface area contributed by atoms with Gasteiger partial charge in [0.1, 0.15) is 0 Å². The van der Waals surface area contributed by atoms with Gasteiger partial charge in [0.2, 0.25) is 0 Å². The SMILES string of the molecule is COc1cc(Br)c([C@@H](C2CCCCC2)N2CCNCC2)cc1OC.Cl.Cl. The molecule has 3 rings (SSSR count). The fourth-order valence-corrected chi connectivity index (χ4v) is 4.81. The van der Waals surface area contributed by atoms with E-state index in [1.807, 2.05) is 0 Å². The van der Waals surface area contributed by atoms with Crippen molar-refractivity contribution in [1.29, 1.82) is 0 Å². The average Bonchev–Trinajstić information content (AvgIpc) is 2.64. The van der Waals surface area contributed by atoms with Gasteiger partial charge < -0.3 is 14.8 Å². The minimum absolute atomic E-state index is 0. The molecule has 1 aromatic carbocycles. The van der Waals surface area contributed by atoms with Crippen LogP contribution in [-0.2, 0) is 0 Å². The van der Waals surface area contributed by atoms with Crippen molar-refractivity contribution < 1.29 is 9.47 Å². The fraction of sp³-hybridized carbons (Fsp3) is 0.684. The third-order valence-electron chi connectivity index (χ3n) is 5.46. The molecule has 0 unspecified atom stereocenters. The molecular formula is C19H31BrCl2N2O2. The Labute approximate surface area is 178 Å². The summed E-state index contributed by atoms with van der Waals surface area (Å²) >= 11 is 3.81. The number of rotatable bonds is 5. The van der Waals surface area contributed by atoms with Gasteiger partial charge >= 0.3 is 0 Å². The smallest absolute Gasteiger partial charge is 0.161 e. The second-order valence-corrected chi connectivity index (χ2v) is 7.71. The van der Waals surface area contributed by atoms with Crippen LogP contribution in [0.3, 0.4) is 0 Å². The summed E-state index contributed by atoms with van der Waals surface area (Å²) in [6.45, 7) is 4.38. The van der Waals surface area contributed by atoms with Crippen LogP contribution in [0.2, 0.25) is 0 Å². The van der Waals surface area contributed by atoms with Crippen molar-refractivity contribution in [3.63, 3.8) is 0 Å². The van der Waals surface area contributed by atoms with Gasteiger partial charge in [0.15, 0.2) is 11.5 Å². The second-order valence-electron chi connectivity index (χ2n) is 6.86. The Balaban J connectivity index is 0.00000169. The number of halogens is 3. The van der Waals surface area contributed by atoms with Gasteiger partial charge in [-0.2, -0.15) is 0 Å². The summed E-state index contributed by atoms with van der Waals surface area (Å²) in [7, 11) is 3.41. The average molecular weight is 470 g/mol. The molecule has 4 nitrogen and oxygen atoms in total. The van der Waals surface area contributed by atoms with Gasteiger partial charge in [-0.1, -0.05) is 35.2 Å². The minimum atomic E-state index is 0. The molecule has 150 valence electrons. The van der Waals surface area contributed by atoms with Gasteiger partial charge in [-0.25, -0.2) is 0 Å². The van der Waals surface area contributed by atoms with Gasteiger partial charge in [0.05, 0.1) is 14.2 Å². The molecule has 1 heterocycles. The first-order chi connectivity index (χ1) is 11.7. The van der Waals surface area contributed by atoms with Crippen LogP contribution in [0.25, 0.3) is 0 Å². The van der Waals surface area contributed by atoms with Gasteiger partial charge in [-0.05, 0) is 36.5 Å². The maximum absolute atomic E-state index is 5.58. The Morgan fingerprint density at radius 2 is 1.58 bits per heavy atom. The van der Waals surface area contributed by atoms with Crippen molar-refractivity contribution in [2.75, 3.05) is 40.4 Å². The first kappa shape index (κ1) is 23.8. The van der Waals surface area contributed by atoms with Crippen LogP contribution in [0.1, 0.15) is 43.7 Å². The lowest BCUT2D eigenvalue weighted by Crippen LogP contribution is -2.47. The number of ether oxygens (including phenoxy) is 2. The molecule has 1 aliphatic heterocycles. The van der Waals surface area contributed by atoms with E-state index in [1.165, 1.54) is 37.7 Å². The number of benzene rings is 1. The summed E-state index contributed by atoms with van der Waals surface area (Å²) in [5.74, 6) is 2.34. The topological polar surface area (TPSA) is 33.7 Å². The van der Waals surface area contributed by atoms with Crippen LogP contribution in [0.4, 0.5) is 0 Å². The number of nitrogens with one attached hydrogen (secondary N) is 1. The molecule has 1 aliphatic carbocycles. The molecule has 0 spiro atoms. The van der Waals surface area contributed by atoms with E-state index in [0.717, 1.165) is 48.1 Å². The summed E-state index contributed by atoms with van der Waals surface area (Å²) in [4.78, 5) is 2.67. The van der Waals surface area contributed by atoms with E-state index in [1.54, 1.807) is 14.2 Å². The quantitative estimate of drug-likeness (QED) is 0.669. The summed E-state index contributed by atoms with van der Waals surface area (Å²) < 4.78 is 12.2. The molecule has 1 atom stereocenters. The predicted molar refractivity (Wildman–Crippen MR) is 116 cm³/mol. The number of methoxy groups -OCH3 is 2. The highest BCUT2D eigenvalue weighted by Gasteiger charge is 2.32. The normalized spacial score (nSPS) is 19.8. The lowest BCUT2D eigenvalue weighted by atomic mass is 9.80. The number of hydrogen-bond donors (Lipinski definition) is 1. The molecule has 1 saturated carbocycles. The van der Waals surface area contributed by atoms with Gasteiger partial charge in [-0.3, -0.25) is 4.90 Å². The van der Waals surface area contributed by atoms with E-state index >= 15 is 0 Å². The van der Waals surface area contributed by atoms with Crippen LogP contribution >= 0.6 is 40.7 Å². The summed E-state index contributed by atoms with van der Waals surface area (Å²) in [5, 5.41) is 3.48. The van der Waals surface area contributed by atoms with E-state index in [4.69, 9.17) is 9.47 Å². The number of nitrogens with zero attached hydrogens (tertiary/aromatic N) is 1. The van der Waals surface area contributed by atoms with Crippen molar-refractivity contribution >= 4 is 40.7 Å². The standard InChI is InChI=1S/C19H29BrN2O2.2ClH/c1-23-17-12-15(16(20)13-18(17)24-2)19(14-6-4-3-5-7-14)22-10-8-21-9-11-22;;/h12-14,19,21H,3-11H2,1-2H3;2*1H/t19-;;/m1../s1. The molecule has 2 fully saturated rings. The molecule has 1 saturated heterocycles. The second kappa shape index (κ2) is 11.6. The molecule has 1 aromatic rings. The largest absolute Gasteiger partial charge is 0.493 e. The molecule has 26 heavy (non-hydrogen) atoms. The van der Waals surface area contributed by atoms with Gasteiger partial charge in [0, 0.05) is 36.7 Å².